The molecule has 0 spiro atoms. The van der Waals surface area contributed by atoms with Crippen LogP contribution in [0.4, 0.5) is 4.39 Å². The number of rotatable bonds is 2. The van der Waals surface area contributed by atoms with Crippen molar-refractivity contribution >= 4 is 21.4 Å². The van der Waals surface area contributed by atoms with Crippen LogP contribution in [0.2, 0.25) is 5.02 Å². The van der Waals surface area contributed by atoms with Gasteiger partial charge in [-0.2, -0.15) is 0 Å². The van der Waals surface area contributed by atoms with E-state index in [1.165, 1.54) is 7.11 Å². The van der Waals surface area contributed by atoms with E-state index in [0.717, 1.165) is 18.4 Å². The van der Waals surface area contributed by atoms with Gasteiger partial charge >= 0.3 is 0 Å². The Morgan fingerprint density at radius 2 is 2.00 bits per heavy atom. The van der Waals surface area contributed by atoms with Crippen LogP contribution in [-0.2, 0) is 9.84 Å². The van der Waals surface area contributed by atoms with Crippen LogP contribution in [0.25, 0.3) is 0 Å². The summed E-state index contributed by atoms with van der Waals surface area (Å²) >= 11 is 5.59. The summed E-state index contributed by atoms with van der Waals surface area (Å²) in [6, 6.07) is 1.98. The fourth-order valence-corrected chi connectivity index (χ4v) is 1.91. The molecule has 0 N–H and O–H groups in total. The first-order valence-electron chi connectivity index (χ1n) is 3.59. The molecule has 0 saturated carbocycles. The van der Waals surface area contributed by atoms with Crippen LogP contribution in [0, 0.1) is 5.82 Å². The van der Waals surface area contributed by atoms with Crippen molar-refractivity contribution in [1.82, 2.24) is 0 Å². The lowest BCUT2D eigenvalue weighted by atomic mass is 10.3. The summed E-state index contributed by atoms with van der Waals surface area (Å²) in [6.45, 7) is 0. The largest absolute Gasteiger partial charge is 0.495 e. The maximum Gasteiger partial charge on any atom is 0.178 e. The van der Waals surface area contributed by atoms with Crippen LogP contribution in [0.15, 0.2) is 17.0 Å². The molecule has 0 amide bonds. The van der Waals surface area contributed by atoms with E-state index >= 15 is 0 Å². The number of hydrogen-bond donors (Lipinski definition) is 0. The molecule has 1 rings (SSSR count). The zero-order chi connectivity index (χ0) is 10.9. The molecule has 0 radical (unpaired) electrons. The molecule has 6 heteroatoms. The van der Waals surface area contributed by atoms with E-state index in [9.17, 15) is 12.8 Å². The summed E-state index contributed by atoms with van der Waals surface area (Å²) in [4.78, 5) is -0.418. The molecule has 1 aromatic rings. The van der Waals surface area contributed by atoms with Crippen molar-refractivity contribution in [2.75, 3.05) is 13.4 Å². The lowest BCUT2D eigenvalue weighted by Crippen LogP contribution is -2.01. The summed E-state index contributed by atoms with van der Waals surface area (Å²) in [5.41, 5.74) is 0. The van der Waals surface area contributed by atoms with Gasteiger partial charge in [0.15, 0.2) is 9.84 Å². The van der Waals surface area contributed by atoms with E-state index in [1.54, 1.807) is 0 Å². The third kappa shape index (κ3) is 2.16. The predicted molar refractivity (Wildman–Crippen MR) is 51.1 cm³/mol. The maximum absolute atomic E-state index is 13.1. The average Bonchev–Trinajstić information content (AvgIpc) is 2.02. The Labute approximate surface area is 86.4 Å². The van der Waals surface area contributed by atoms with Crippen LogP contribution >= 0.6 is 11.6 Å². The first-order chi connectivity index (χ1) is 6.36. The second-order valence-electron chi connectivity index (χ2n) is 2.69. The SMILES string of the molecule is COc1cc(S(C)(=O)=O)c(F)cc1Cl. The van der Waals surface area contributed by atoms with Crippen molar-refractivity contribution in [3.63, 3.8) is 0 Å². The molecule has 0 aliphatic heterocycles. The topological polar surface area (TPSA) is 43.4 Å². The second-order valence-corrected chi connectivity index (χ2v) is 5.08. The average molecular weight is 239 g/mol. The number of sulfone groups is 1. The lowest BCUT2D eigenvalue weighted by molar-refractivity contribution is 0.411. The highest BCUT2D eigenvalue weighted by atomic mass is 35.5. The standard InChI is InChI=1S/C8H8ClFO3S/c1-13-7-4-8(14(2,11)12)6(10)3-5(7)9/h3-4H,1-2H3. The van der Waals surface area contributed by atoms with Crippen molar-refractivity contribution < 1.29 is 17.5 Å². The minimum absolute atomic E-state index is 0.0393. The Bertz CT molecular complexity index is 456. The predicted octanol–water partition coefficient (Wildman–Crippen LogP) is 1.89. The summed E-state index contributed by atoms with van der Waals surface area (Å²) in [6.07, 6.45) is 0.915. The van der Waals surface area contributed by atoms with E-state index < -0.39 is 20.5 Å². The van der Waals surface area contributed by atoms with Gasteiger partial charge in [-0.25, -0.2) is 12.8 Å². The number of halogens is 2. The van der Waals surface area contributed by atoms with Gasteiger partial charge in [0.05, 0.1) is 12.1 Å². The van der Waals surface area contributed by atoms with Crippen molar-refractivity contribution in [2.45, 2.75) is 4.90 Å². The van der Waals surface area contributed by atoms with Crippen molar-refractivity contribution in [1.29, 1.82) is 0 Å². The van der Waals surface area contributed by atoms with Gasteiger partial charge < -0.3 is 4.74 Å². The number of hydrogen-bond acceptors (Lipinski definition) is 3. The first kappa shape index (κ1) is 11.3. The molecule has 0 bridgehead atoms. The van der Waals surface area contributed by atoms with Crippen LogP contribution < -0.4 is 4.74 Å². The molecule has 0 saturated heterocycles. The third-order valence-electron chi connectivity index (χ3n) is 1.61. The Kier molecular flexibility index (Phi) is 3.01. The Balaban J connectivity index is 3.47. The van der Waals surface area contributed by atoms with Gasteiger partial charge in [0.1, 0.15) is 16.5 Å². The van der Waals surface area contributed by atoms with Crippen molar-refractivity contribution in [2.24, 2.45) is 0 Å². The quantitative estimate of drug-likeness (QED) is 0.790. The van der Waals surface area contributed by atoms with Crippen LogP contribution in [-0.4, -0.2) is 21.8 Å². The molecule has 14 heavy (non-hydrogen) atoms. The molecule has 0 aliphatic rings. The molecule has 0 heterocycles. The smallest absolute Gasteiger partial charge is 0.178 e. The summed E-state index contributed by atoms with van der Waals surface area (Å²) in [5.74, 6) is -0.744. The number of ether oxygens (including phenoxy) is 1. The Morgan fingerprint density at radius 1 is 1.43 bits per heavy atom. The summed E-state index contributed by atoms with van der Waals surface area (Å²) in [5, 5.41) is 0.0393. The zero-order valence-corrected chi connectivity index (χ0v) is 9.12. The second kappa shape index (κ2) is 3.74. The van der Waals surface area contributed by atoms with Crippen LogP contribution in [0.5, 0.6) is 5.75 Å². The van der Waals surface area contributed by atoms with E-state index in [0.29, 0.717) is 0 Å². The molecule has 0 aromatic heterocycles. The minimum Gasteiger partial charge on any atom is -0.495 e. The van der Waals surface area contributed by atoms with Gasteiger partial charge in [-0.05, 0) is 6.07 Å². The third-order valence-corrected chi connectivity index (χ3v) is 3.01. The van der Waals surface area contributed by atoms with Crippen LogP contribution in [0.3, 0.4) is 0 Å². The fraction of sp³-hybridized carbons (Fsp3) is 0.250. The highest BCUT2D eigenvalue weighted by Crippen LogP contribution is 2.29. The van der Waals surface area contributed by atoms with Gasteiger partial charge in [-0.15, -0.1) is 0 Å². The molecular formula is C8H8ClFO3S. The fourth-order valence-electron chi connectivity index (χ4n) is 0.951. The molecule has 0 atom stereocenters. The van der Waals surface area contributed by atoms with Gasteiger partial charge in [0.2, 0.25) is 0 Å². The maximum atomic E-state index is 13.1. The molecule has 3 nitrogen and oxygen atoms in total. The molecular weight excluding hydrogens is 231 g/mol. The van der Waals surface area contributed by atoms with Crippen molar-refractivity contribution in [3.05, 3.63) is 23.0 Å². The highest BCUT2D eigenvalue weighted by molar-refractivity contribution is 7.90. The van der Waals surface area contributed by atoms with Crippen molar-refractivity contribution in [3.8, 4) is 5.75 Å². The highest BCUT2D eigenvalue weighted by Gasteiger charge is 2.17. The van der Waals surface area contributed by atoms with E-state index in [-0.39, 0.29) is 10.8 Å². The van der Waals surface area contributed by atoms with Gasteiger partial charge in [0.25, 0.3) is 0 Å². The van der Waals surface area contributed by atoms with E-state index in [2.05, 4.69) is 0 Å². The number of benzene rings is 1. The molecule has 78 valence electrons. The normalized spacial score (nSPS) is 11.4. The Morgan fingerprint density at radius 3 is 2.43 bits per heavy atom. The molecule has 1 aromatic carbocycles. The zero-order valence-electron chi connectivity index (χ0n) is 7.54. The van der Waals surface area contributed by atoms with Gasteiger partial charge in [-0.1, -0.05) is 11.6 Å². The Hall–Kier alpha value is -0.810. The summed E-state index contributed by atoms with van der Waals surface area (Å²) in [7, 11) is -2.27. The molecule has 0 unspecified atom stereocenters. The van der Waals surface area contributed by atoms with E-state index in [4.69, 9.17) is 16.3 Å². The first-order valence-corrected chi connectivity index (χ1v) is 5.86. The lowest BCUT2D eigenvalue weighted by Gasteiger charge is -2.06. The number of methoxy groups -OCH3 is 1. The minimum atomic E-state index is -3.60. The van der Waals surface area contributed by atoms with Gasteiger partial charge in [0, 0.05) is 12.3 Å². The molecule has 0 aliphatic carbocycles. The van der Waals surface area contributed by atoms with E-state index in [1.807, 2.05) is 0 Å². The van der Waals surface area contributed by atoms with Crippen LogP contribution in [0.1, 0.15) is 0 Å². The molecule has 0 fully saturated rings. The monoisotopic (exact) mass is 238 g/mol. The van der Waals surface area contributed by atoms with Gasteiger partial charge in [-0.3, -0.25) is 0 Å². The summed E-state index contributed by atoms with van der Waals surface area (Å²) < 4.78 is 40.1.